The maximum Gasteiger partial charge on any atom is 0.340 e. The molecule has 0 fully saturated rings. The van der Waals surface area contributed by atoms with Crippen molar-refractivity contribution in [2.45, 2.75) is 26.3 Å². The van der Waals surface area contributed by atoms with Crippen molar-refractivity contribution in [1.82, 2.24) is 5.32 Å². The SMILES string of the molecule is CCCCOC(=O)c1ccccc1NC(=O)NCc1ccco1. The number of hydrogen-bond donors (Lipinski definition) is 2. The van der Waals surface area contributed by atoms with E-state index in [9.17, 15) is 9.59 Å². The van der Waals surface area contributed by atoms with E-state index in [1.165, 1.54) is 6.26 Å². The van der Waals surface area contributed by atoms with Gasteiger partial charge in [-0.25, -0.2) is 9.59 Å². The monoisotopic (exact) mass is 316 g/mol. The number of esters is 1. The normalized spacial score (nSPS) is 10.1. The Morgan fingerprint density at radius 1 is 1.17 bits per heavy atom. The van der Waals surface area contributed by atoms with Gasteiger partial charge >= 0.3 is 12.0 Å². The summed E-state index contributed by atoms with van der Waals surface area (Å²) in [5, 5.41) is 5.31. The second-order valence-corrected chi connectivity index (χ2v) is 4.92. The number of anilines is 1. The highest BCUT2D eigenvalue weighted by molar-refractivity contribution is 6.00. The summed E-state index contributed by atoms with van der Waals surface area (Å²) in [6.07, 6.45) is 3.30. The van der Waals surface area contributed by atoms with E-state index < -0.39 is 12.0 Å². The number of urea groups is 1. The van der Waals surface area contributed by atoms with Crippen molar-refractivity contribution in [2.24, 2.45) is 0 Å². The van der Waals surface area contributed by atoms with Gasteiger partial charge in [0.25, 0.3) is 0 Å². The molecule has 2 rings (SSSR count). The van der Waals surface area contributed by atoms with E-state index in [0.717, 1.165) is 12.8 Å². The lowest BCUT2D eigenvalue weighted by molar-refractivity contribution is 0.0501. The summed E-state index contributed by atoms with van der Waals surface area (Å²) in [5.41, 5.74) is 0.739. The highest BCUT2D eigenvalue weighted by Crippen LogP contribution is 2.16. The van der Waals surface area contributed by atoms with Gasteiger partial charge in [-0.2, -0.15) is 0 Å². The Kier molecular flexibility index (Phi) is 6.23. The summed E-state index contributed by atoms with van der Waals surface area (Å²) in [5.74, 6) is 0.202. The van der Waals surface area contributed by atoms with Crippen LogP contribution in [0, 0.1) is 0 Å². The zero-order valence-electron chi connectivity index (χ0n) is 13.0. The molecule has 2 aromatic rings. The number of amides is 2. The van der Waals surface area contributed by atoms with E-state index in [0.29, 0.717) is 23.6 Å². The summed E-state index contributed by atoms with van der Waals surface area (Å²) in [6.45, 7) is 2.66. The predicted molar refractivity (Wildman–Crippen MR) is 86.2 cm³/mol. The summed E-state index contributed by atoms with van der Waals surface area (Å²) in [6, 6.07) is 9.83. The molecule has 0 radical (unpaired) electrons. The van der Waals surface area contributed by atoms with Crippen molar-refractivity contribution in [3.8, 4) is 0 Å². The van der Waals surface area contributed by atoms with Crippen LogP contribution in [0.1, 0.15) is 35.9 Å². The highest BCUT2D eigenvalue weighted by Gasteiger charge is 2.14. The van der Waals surface area contributed by atoms with Gasteiger partial charge in [0.1, 0.15) is 5.76 Å². The number of ether oxygens (including phenoxy) is 1. The van der Waals surface area contributed by atoms with E-state index >= 15 is 0 Å². The Morgan fingerprint density at radius 2 is 2.00 bits per heavy atom. The molecule has 1 heterocycles. The molecule has 6 heteroatoms. The largest absolute Gasteiger partial charge is 0.467 e. The molecule has 2 amide bonds. The number of benzene rings is 1. The minimum atomic E-state index is -0.444. The number of nitrogens with one attached hydrogen (secondary N) is 2. The zero-order chi connectivity index (χ0) is 16.5. The number of hydrogen-bond acceptors (Lipinski definition) is 4. The van der Waals surface area contributed by atoms with Gasteiger partial charge < -0.3 is 19.8 Å². The highest BCUT2D eigenvalue weighted by atomic mass is 16.5. The molecular weight excluding hydrogens is 296 g/mol. The van der Waals surface area contributed by atoms with Crippen LogP contribution in [-0.2, 0) is 11.3 Å². The number of carbonyl (C=O) groups excluding carboxylic acids is 2. The third-order valence-electron chi connectivity index (χ3n) is 3.13. The molecule has 0 saturated heterocycles. The first kappa shape index (κ1) is 16.6. The summed E-state index contributed by atoms with van der Waals surface area (Å²) < 4.78 is 10.3. The molecule has 0 aliphatic rings. The molecule has 0 bridgehead atoms. The molecule has 0 aliphatic heterocycles. The Bertz CT molecular complexity index is 638. The first-order chi connectivity index (χ1) is 11.2. The Labute approximate surface area is 134 Å². The van der Waals surface area contributed by atoms with Crippen LogP contribution in [0.2, 0.25) is 0 Å². The second-order valence-electron chi connectivity index (χ2n) is 4.92. The molecule has 1 aromatic heterocycles. The van der Waals surface area contributed by atoms with E-state index in [1.54, 1.807) is 36.4 Å². The lowest BCUT2D eigenvalue weighted by Gasteiger charge is -2.11. The molecule has 0 atom stereocenters. The van der Waals surface area contributed by atoms with Gasteiger partial charge in [-0.15, -0.1) is 0 Å². The number of furan rings is 1. The smallest absolute Gasteiger partial charge is 0.340 e. The van der Waals surface area contributed by atoms with Crippen LogP contribution in [-0.4, -0.2) is 18.6 Å². The van der Waals surface area contributed by atoms with Crippen LogP contribution >= 0.6 is 0 Å². The third kappa shape index (κ3) is 5.18. The molecule has 1 aromatic carbocycles. The maximum atomic E-state index is 12.1. The fourth-order valence-corrected chi connectivity index (χ4v) is 1.90. The number of para-hydroxylation sites is 1. The third-order valence-corrected chi connectivity index (χ3v) is 3.13. The second kappa shape index (κ2) is 8.63. The van der Waals surface area contributed by atoms with Crippen LogP contribution in [0.25, 0.3) is 0 Å². The first-order valence-electron chi connectivity index (χ1n) is 7.54. The van der Waals surface area contributed by atoms with E-state index in [4.69, 9.17) is 9.15 Å². The molecule has 2 N–H and O–H groups in total. The fourth-order valence-electron chi connectivity index (χ4n) is 1.90. The van der Waals surface area contributed by atoms with Gasteiger partial charge in [0.15, 0.2) is 0 Å². The number of rotatable bonds is 7. The average Bonchev–Trinajstić information content (AvgIpc) is 3.07. The standard InChI is InChI=1S/C17H20N2O4/c1-2-3-10-23-16(20)14-8-4-5-9-15(14)19-17(21)18-12-13-7-6-11-22-13/h4-9,11H,2-3,10,12H2,1H3,(H2,18,19,21). The zero-order valence-corrected chi connectivity index (χ0v) is 13.0. The maximum absolute atomic E-state index is 12.1. The molecule has 122 valence electrons. The van der Waals surface area contributed by atoms with Crippen molar-refractivity contribution in [1.29, 1.82) is 0 Å². The van der Waals surface area contributed by atoms with E-state index in [1.807, 2.05) is 6.92 Å². The van der Waals surface area contributed by atoms with Crippen LogP contribution in [0.4, 0.5) is 10.5 Å². The average molecular weight is 316 g/mol. The molecule has 0 saturated carbocycles. The van der Waals surface area contributed by atoms with Gasteiger partial charge in [0.2, 0.25) is 0 Å². The lowest BCUT2D eigenvalue weighted by Crippen LogP contribution is -2.28. The Balaban J connectivity index is 1.93. The first-order valence-corrected chi connectivity index (χ1v) is 7.54. The summed E-state index contributed by atoms with van der Waals surface area (Å²) in [4.78, 5) is 24.0. The topological polar surface area (TPSA) is 80.6 Å². The van der Waals surface area contributed by atoms with Crippen molar-refractivity contribution in [3.63, 3.8) is 0 Å². The van der Waals surface area contributed by atoms with Crippen molar-refractivity contribution >= 4 is 17.7 Å². The Hall–Kier alpha value is -2.76. The number of unbranched alkanes of at least 4 members (excludes halogenated alkanes) is 1. The summed E-state index contributed by atoms with van der Waals surface area (Å²) in [7, 11) is 0. The molecule has 6 nitrogen and oxygen atoms in total. The molecule has 0 unspecified atom stereocenters. The number of carbonyl (C=O) groups is 2. The minimum Gasteiger partial charge on any atom is -0.467 e. The van der Waals surface area contributed by atoms with Crippen LogP contribution in [0.3, 0.4) is 0 Å². The Morgan fingerprint density at radius 3 is 2.74 bits per heavy atom. The molecule has 23 heavy (non-hydrogen) atoms. The van der Waals surface area contributed by atoms with Crippen LogP contribution in [0.15, 0.2) is 47.1 Å². The van der Waals surface area contributed by atoms with Gasteiger partial charge in [0, 0.05) is 0 Å². The van der Waals surface area contributed by atoms with Crippen LogP contribution in [0.5, 0.6) is 0 Å². The van der Waals surface area contributed by atoms with E-state index in [2.05, 4.69) is 10.6 Å². The fraction of sp³-hybridized carbons (Fsp3) is 0.294. The van der Waals surface area contributed by atoms with E-state index in [-0.39, 0.29) is 6.54 Å². The molecule has 0 aliphatic carbocycles. The molecule has 0 spiro atoms. The minimum absolute atomic E-state index is 0.266. The van der Waals surface area contributed by atoms with Gasteiger partial charge in [-0.3, -0.25) is 0 Å². The van der Waals surface area contributed by atoms with Crippen molar-refractivity contribution in [2.75, 3.05) is 11.9 Å². The van der Waals surface area contributed by atoms with Gasteiger partial charge in [-0.1, -0.05) is 25.5 Å². The van der Waals surface area contributed by atoms with Gasteiger partial charge in [0.05, 0.1) is 30.7 Å². The van der Waals surface area contributed by atoms with Crippen molar-refractivity contribution in [3.05, 3.63) is 54.0 Å². The van der Waals surface area contributed by atoms with Gasteiger partial charge in [-0.05, 0) is 30.7 Å². The quantitative estimate of drug-likeness (QED) is 0.604. The molecular formula is C17H20N2O4. The van der Waals surface area contributed by atoms with Crippen molar-refractivity contribution < 1.29 is 18.7 Å². The lowest BCUT2D eigenvalue weighted by atomic mass is 10.2. The predicted octanol–water partition coefficient (Wildman–Crippen LogP) is 3.56. The summed E-state index contributed by atoms with van der Waals surface area (Å²) >= 11 is 0. The van der Waals surface area contributed by atoms with Crippen LogP contribution < -0.4 is 10.6 Å².